The number of thiophene rings is 2. The second kappa shape index (κ2) is 15.1. The number of carbonyl (C=O) groups excluding carboxylic acids is 2. The summed E-state index contributed by atoms with van der Waals surface area (Å²) in [5, 5.41) is 19.3. The molecule has 0 radical (unpaired) electrons. The molecule has 0 aliphatic heterocycles. The summed E-state index contributed by atoms with van der Waals surface area (Å²) in [6.45, 7) is 3.27. The molecular formula is C32H32ClFO10S2. The van der Waals surface area contributed by atoms with Gasteiger partial charge in [-0.1, -0.05) is 25.4 Å². The van der Waals surface area contributed by atoms with Crippen molar-refractivity contribution in [2.45, 2.75) is 39.5 Å². The number of fused-ring (bicyclic) bond motifs is 2. The van der Waals surface area contributed by atoms with Crippen LogP contribution in [0.25, 0.3) is 20.2 Å². The highest BCUT2D eigenvalue weighted by atomic mass is 35.5. The van der Waals surface area contributed by atoms with Crippen LogP contribution in [0.2, 0.25) is 5.02 Å². The molecule has 2 unspecified atom stereocenters. The van der Waals surface area contributed by atoms with Crippen LogP contribution < -0.4 is 18.9 Å². The zero-order valence-electron chi connectivity index (χ0n) is 25.4. The van der Waals surface area contributed by atoms with Crippen LogP contribution in [0.3, 0.4) is 0 Å². The molecule has 2 N–H and O–H groups in total. The lowest BCUT2D eigenvalue weighted by Crippen LogP contribution is -2.13. The van der Waals surface area contributed by atoms with Gasteiger partial charge in [0.05, 0.1) is 54.0 Å². The topological polar surface area (TPSA) is 146 Å². The number of carbonyl (C=O) groups is 4. The lowest BCUT2D eigenvalue weighted by atomic mass is 10.0. The third-order valence-electron chi connectivity index (χ3n) is 7.21. The Kier molecular flexibility index (Phi) is 11.5. The number of benzene rings is 2. The summed E-state index contributed by atoms with van der Waals surface area (Å²) in [5.41, 5.74) is 0. The van der Waals surface area contributed by atoms with E-state index in [1.807, 2.05) is 0 Å². The molecule has 2 aromatic carbocycles. The maximum atomic E-state index is 15.5. The number of rotatable bonds is 17. The number of ether oxygens (including phenoxy) is 4. The fourth-order valence-corrected chi connectivity index (χ4v) is 6.97. The van der Waals surface area contributed by atoms with Crippen molar-refractivity contribution >= 4 is 78.0 Å². The predicted molar refractivity (Wildman–Crippen MR) is 173 cm³/mol. The van der Waals surface area contributed by atoms with Crippen molar-refractivity contribution in [3.63, 3.8) is 0 Å². The molecule has 246 valence electrons. The summed E-state index contributed by atoms with van der Waals surface area (Å²) in [4.78, 5) is 48.1. The Morgan fingerprint density at radius 2 is 1.20 bits per heavy atom. The number of ketones is 2. The molecule has 0 amide bonds. The number of methoxy groups -OCH3 is 2. The minimum atomic E-state index is -1.08. The molecule has 0 saturated heterocycles. The number of hydrogen-bond donors (Lipinski definition) is 2. The molecule has 46 heavy (non-hydrogen) atoms. The van der Waals surface area contributed by atoms with Crippen molar-refractivity contribution in [1.82, 2.24) is 0 Å². The maximum Gasteiger partial charge on any atom is 0.306 e. The van der Waals surface area contributed by atoms with Gasteiger partial charge in [-0.25, -0.2) is 4.39 Å². The largest absolute Gasteiger partial charge is 0.493 e. The molecular weight excluding hydrogens is 663 g/mol. The quantitative estimate of drug-likeness (QED) is 0.0831. The average Bonchev–Trinajstić information content (AvgIpc) is 3.65. The Morgan fingerprint density at radius 1 is 0.761 bits per heavy atom. The number of unbranched alkanes of at least 4 members (excludes halogenated alkanes) is 1. The monoisotopic (exact) mass is 694 g/mol. The predicted octanol–water partition coefficient (Wildman–Crippen LogP) is 7.75. The SMILES string of the molecule is COc1cc2sc(C(=O)CC(C)C(=O)O)cc2c(F)c1OCCCCOc1c(OC)cc2sc(C(=O)CC(C)C(=O)O)cc2c1Cl. The highest BCUT2D eigenvalue weighted by molar-refractivity contribution is 7.21. The van der Waals surface area contributed by atoms with E-state index in [0.717, 1.165) is 11.3 Å². The fraction of sp³-hybridized carbons (Fsp3) is 0.375. The van der Waals surface area contributed by atoms with Crippen molar-refractivity contribution < 1.29 is 52.7 Å². The van der Waals surface area contributed by atoms with Gasteiger partial charge in [-0.15, -0.1) is 22.7 Å². The normalized spacial score (nSPS) is 12.6. The first-order valence-electron chi connectivity index (χ1n) is 14.2. The number of hydrogen-bond acceptors (Lipinski definition) is 10. The minimum absolute atomic E-state index is 0.0951. The Balaban J connectivity index is 1.39. The average molecular weight is 695 g/mol. The van der Waals surface area contributed by atoms with E-state index < -0.39 is 29.6 Å². The second-order valence-corrected chi connectivity index (χ2v) is 13.2. The van der Waals surface area contributed by atoms with Gasteiger partial charge in [0.2, 0.25) is 0 Å². The fourth-order valence-electron chi connectivity index (χ4n) is 4.53. The van der Waals surface area contributed by atoms with E-state index >= 15 is 4.39 Å². The zero-order chi connectivity index (χ0) is 33.7. The number of carboxylic acid groups (broad SMARTS) is 2. The van der Waals surface area contributed by atoms with Crippen molar-refractivity contribution in [2.24, 2.45) is 11.8 Å². The first-order valence-corrected chi connectivity index (χ1v) is 16.2. The van der Waals surface area contributed by atoms with Crippen LogP contribution in [-0.4, -0.2) is 61.2 Å². The molecule has 0 spiro atoms. The third-order valence-corrected chi connectivity index (χ3v) is 9.83. The van der Waals surface area contributed by atoms with E-state index in [1.54, 1.807) is 18.2 Å². The van der Waals surface area contributed by atoms with Crippen LogP contribution in [0.1, 0.15) is 58.9 Å². The van der Waals surface area contributed by atoms with Gasteiger partial charge < -0.3 is 29.2 Å². The summed E-state index contributed by atoms with van der Waals surface area (Å²) in [7, 11) is 2.85. The van der Waals surface area contributed by atoms with Crippen molar-refractivity contribution in [3.8, 4) is 23.0 Å². The smallest absolute Gasteiger partial charge is 0.306 e. The Morgan fingerprint density at radius 3 is 1.67 bits per heavy atom. The van der Waals surface area contributed by atoms with Crippen LogP contribution in [0.4, 0.5) is 4.39 Å². The molecule has 2 atom stereocenters. The van der Waals surface area contributed by atoms with Crippen LogP contribution in [0.15, 0.2) is 24.3 Å². The van der Waals surface area contributed by atoms with E-state index in [1.165, 1.54) is 45.5 Å². The molecule has 4 aromatic rings. The van der Waals surface area contributed by atoms with Gasteiger partial charge in [0.25, 0.3) is 0 Å². The van der Waals surface area contributed by atoms with Gasteiger partial charge in [-0.05, 0) is 25.0 Å². The molecule has 0 saturated carbocycles. The van der Waals surface area contributed by atoms with Crippen molar-refractivity contribution in [3.05, 3.63) is 44.9 Å². The maximum absolute atomic E-state index is 15.5. The summed E-state index contributed by atoms with van der Waals surface area (Å²) in [6, 6.07) is 6.33. The molecule has 0 fully saturated rings. The molecule has 2 heterocycles. The molecule has 0 aliphatic rings. The van der Waals surface area contributed by atoms with Gasteiger partial charge >= 0.3 is 11.9 Å². The lowest BCUT2D eigenvalue weighted by molar-refractivity contribution is -0.141. The number of Topliss-reactive ketones (excluding diaryl/α,β-unsaturated/α-hetero) is 2. The summed E-state index contributed by atoms with van der Waals surface area (Å²) < 4.78 is 39.1. The lowest BCUT2D eigenvalue weighted by Gasteiger charge is -2.14. The van der Waals surface area contributed by atoms with Crippen molar-refractivity contribution in [1.29, 1.82) is 0 Å². The van der Waals surface area contributed by atoms with Gasteiger partial charge in [0.15, 0.2) is 40.4 Å². The Labute approximate surface area is 276 Å². The standard InChI is InChI=1S/C32H32ClFO10S2/c1-15(31(37)38)9-19(35)25-11-17-23(45-25)13-21(41-3)29(27(17)33)43-7-5-6-8-44-30-22(42-4)14-24-18(28(30)34)12-26(46-24)20(36)10-16(2)32(39)40/h11-16H,5-10H2,1-4H3,(H,37,38)(H,39,40). The van der Waals surface area contributed by atoms with Crippen LogP contribution in [0.5, 0.6) is 23.0 Å². The summed E-state index contributed by atoms with van der Waals surface area (Å²) >= 11 is 8.91. The highest BCUT2D eigenvalue weighted by Crippen LogP contribution is 2.45. The van der Waals surface area contributed by atoms with Gasteiger partial charge in [-0.3, -0.25) is 19.2 Å². The van der Waals surface area contributed by atoms with E-state index in [-0.39, 0.29) is 64.4 Å². The first-order chi connectivity index (χ1) is 21.9. The molecule has 14 heteroatoms. The van der Waals surface area contributed by atoms with Crippen LogP contribution >= 0.6 is 34.3 Å². The third kappa shape index (κ3) is 7.71. The van der Waals surface area contributed by atoms with Crippen LogP contribution in [0, 0.1) is 17.7 Å². The van der Waals surface area contributed by atoms with Gasteiger partial charge in [0, 0.05) is 45.1 Å². The van der Waals surface area contributed by atoms with E-state index in [4.69, 9.17) is 40.8 Å². The summed E-state index contributed by atoms with van der Waals surface area (Å²) in [5.74, 6) is -4.41. The molecule has 10 nitrogen and oxygen atoms in total. The second-order valence-electron chi connectivity index (χ2n) is 10.6. The first kappa shape index (κ1) is 34.9. The van der Waals surface area contributed by atoms with Gasteiger partial charge in [-0.2, -0.15) is 0 Å². The molecule has 0 aliphatic carbocycles. The molecule has 2 aromatic heterocycles. The van der Waals surface area contributed by atoms with Crippen molar-refractivity contribution in [2.75, 3.05) is 27.4 Å². The number of halogens is 2. The Bertz CT molecular complexity index is 1670. The molecule has 0 bridgehead atoms. The van der Waals surface area contributed by atoms with E-state index in [2.05, 4.69) is 0 Å². The van der Waals surface area contributed by atoms with Crippen LogP contribution in [-0.2, 0) is 9.59 Å². The zero-order valence-corrected chi connectivity index (χ0v) is 27.8. The molecule has 4 rings (SSSR count). The number of aliphatic carboxylic acids is 2. The van der Waals surface area contributed by atoms with E-state index in [9.17, 15) is 19.2 Å². The summed E-state index contributed by atoms with van der Waals surface area (Å²) in [6.07, 6.45) is 0.651. The number of carboxylic acids is 2. The highest BCUT2D eigenvalue weighted by Gasteiger charge is 2.24. The minimum Gasteiger partial charge on any atom is -0.493 e. The van der Waals surface area contributed by atoms with E-state index in [0.29, 0.717) is 44.0 Å². The Hall–Kier alpha value is -3.94. The van der Waals surface area contributed by atoms with Gasteiger partial charge in [0.1, 0.15) is 0 Å².